The van der Waals surface area contributed by atoms with Gasteiger partial charge in [-0.15, -0.1) is 0 Å². The number of nitrogens with zero attached hydrogens (tertiary/aromatic N) is 1. The summed E-state index contributed by atoms with van der Waals surface area (Å²) in [6.45, 7) is 3.72. The number of carbonyl (C=O) groups excluding carboxylic acids is 1. The molecule has 1 atom stereocenters. The third-order valence-corrected chi connectivity index (χ3v) is 5.94. The van der Waals surface area contributed by atoms with E-state index in [2.05, 4.69) is 27.8 Å². The molecule has 4 rings (SSSR count). The normalized spacial score (nSPS) is 17.3. The summed E-state index contributed by atoms with van der Waals surface area (Å²) in [5.74, 6) is 0.241. The second-order valence-electron chi connectivity index (χ2n) is 9.16. The third kappa shape index (κ3) is 9.40. The summed E-state index contributed by atoms with van der Waals surface area (Å²) in [4.78, 5) is 16.4. The Bertz CT molecular complexity index is 1200. The molecule has 0 fully saturated rings. The van der Waals surface area contributed by atoms with Crippen molar-refractivity contribution in [2.45, 2.75) is 38.6 Å². The van der Waals surface area contributed by atoms with E-state index in [0.717, 1.165) is 40.9 Å². The topological polar surface area (TPSA) is 141 Å². The number of hydrogen-bond acceptors (Lipinski definition) is 7. The van der Waals surface area contributed by atoms with Crippen LogP contribution in [0.2, 0.25) is 0 Å². The van der Waals surface area contributed by atoms with Crippen molar-refractivity contribution in [3.63, 3.8) is 0 Å². The number of anilines is 4. The number of amides is 1. The van der Waals surface area contributed by atoms with Gasteiger partial charge in [0, 0.05) is 54.1 Å². The number of pyridine rings is 1. The minimum absolute atomic E-state index is 0.0193. The van der Waals surface area contributed by atoms with Gasteiger partial charge in [0.25, 0.3) is 0 Å². The molecule has 0 radical (unpaired) electrons. The number of hydrogen-bond donors (Lipinski definition) is 5. The Morgan fingerprint density at radius 1 is 1.08 bits per heavy atom. The molecule has 1 aromatic heterocycles. The SMILES string of the molecule is CC1CCNc2c(cnc(N)c2Cc2ccc(N)cc2)/C=C/CCOCCC(=O)N1.Nc1cccc(F)c1. The van der Waals surface area contributed by atoms with Gasteiger partial charge in [0.1, 0.15) is 11.6 Å². The number of ether oxygens (including phenoxy) is 1. The van der Waals surface area contributed by atoms with Gasteiger partial charge in [-0.2, -0.15) is 0 Å². The molecule has 1 aliphatic rings. The van der Waals surface area contributed by atoms with Crippen LogP contribution < -0.4 is 27.8 Å². The highest BCUT2D eigenvalue weighted by Crippen LogP contribution is 2.29. The first-order valence-electron chi connectivity index (χ1n) is 12.7. The summed E-state index contributed by atoms with van der Waals surface area (Å²) < 4.78 is 17.6. The van der Waals surface area contributed by atoms with E-state index in [1.807, 2.05) is 31.2 Å². The second-order valence-corrected chi connectivity index (χ2v) is 9.16. The van der Waals surface area contributed by atoms with Crippen LogP contribution in [-0.2, 0) is 16.0 Å². The van der Waals surface area contributed by atoms with Crippen LogP contribution in [0.15, 0.2) is 60.8 Å². The molecule has 8 nitrogen and oxygen atoms in total. The lowest BCUT2D eigenvalue weighted by molar-refractivity contribution is -0.122. The van der Waals surface area contributed by atoms with Crippen LogP contribution in [0.3, 0.4) is 0 Å². The van der Waals surface area contributed by atoms with E-state index in [9.17, 15) is 9.18 Å². The average Bonchev–Trinajstić information content (AvgIpc) is 2.88. The van der Waals surface area contributed by atoms with E-state index < -0.39 is 0 Å². The zero-order valence-corrected chi connectivity index (χ0v) is 21.8. The predicted molar refractivity (Wildman–Crippen MR) is 153 cm³/mol. The lowest BCUT2D eigenvalue weighted by atomic mass is 10.0. The van der Waals surface area contributed by atoms with E-state index in [1.54, 1.807) is 18.3 Å². The minimum Gasteiger partial charge on any atom is -0.399 e. The van der Waals surface area contributed by atoms with Crippen molar-refractivity contribution < 1.29 is 13.9 Å². The fourth-order valence-electron chi connectivity index (χ4n) is 3.91. The monoisotopic (exact) mass is 520 g/mol. The Labute approximate surface area is 223 Å². The molecule has 3 aromatic rings. The van der Waals surface area contributed by atoms with Crippen molar-refractivity contribution in [2.24, 2.45) is 0 Å². The maximum atomic E-state index is 12.1. The van der Waals surface area contributed by atoms with Crippen LogP contribution in [0, 0.1) is 5.82 Å². The van der Waals surface area contributed by atoms with Gasteiger partial charge < -0.3 is 32.6 Å². The Kier molecular flexibility index (Phi) is 10.9. The summed E-state index contributed by atoms with van der Waals surface area (Å²) >= 11 is 0. The van der Waals surface area contributed by atoms with Gasteiger partial charge >= 0.3 is 0 Å². The van der Waals surface area contributed by atoms with E-state index in [4.69, 9.17) is 21.9 Å². The van der Waals surface area contributed by atoms with Crippen LogP contribution in [-0.4, -0.2) is 36.7 Å². The number of nitrogen functional groups attached to an aromatic ring is 3. The van der Waals surface area contributed by atoms with Crippen molar-refractivity contribution >= 4 is 34.9 Å². The van der Waals surface area contributed by atoms with Gasteiger partial charge in [-0.1, -0.05) is 30.4 Å². The second kappa shape index (κ2) is 14.6. The Hall–Kier alpha value is -4.11. The molecule has 0 bridgehead atoms. The van der Waals surface area contributed by atoms with E-state index in [-0.39, 0.29) is 17.8 Å². The zero-order chi connectivity index (χ0) is 27.3. The van der Waals surface area contributed by atoms with Crippen LogP contribution in [0.4, 0.5) is 27.3 Å². The molecule has 0 saturated heterocycles. The highest BCUT2D eigenvalue weighted by atomic mass is 19.1. The molecular weight excluding hydrogens is 483 g/mol. The molecule has 0 aliphatic carbocycles. The molecule has 8 N–H and O–H groups in total. The summed E-state index contributed by atoms with van der Waals surface area (Å²) in [6, 6.07) is 13.7. The largest absolute Gasteiger partial charge is 0.399 e. The zero-order valence-electron chi connectivity index (χ0n) is 21.8. The third-order valence-electron chi connectivity index (χ3n) is 5.94. The van der Waals surface area contributed by atoms with Gasteiger partial charge in [-0.05, 0) is 55.7 Å². The maximum Gasteiger partial charge on any atom is 0.222 e. The molecule has 2 aromatic carbocycles. The van der Waals surface area contributed by atoms with Crippen molar-refractivity contribution in [3.8, 4) is 0 Å². The quantitative estimate of drug-likeness (QED) is 0.316. The molecule has 202 valence electrons. The van der Waals surface area contributed by atoms with Gasteiger partial charge in [0.05, 0.1) is 18.9 Å². The number of rotatable bonds is 2. The first-order chi connectivity index (χ1) is 18.3. The highest BCUT2D eigenvalue weighted by Gasteiger charge is 2.14. The van der Waals surface area contributed by atoms with Gasteiger partial charge in [-0.3, -0.25) is 4.79 Å². The molecular formula is C29H37FN6O2. The fourth-order valence-corrected chi connectivity index (χ4v) is 3.91. The molecule has 9 heteroatoms. The molecule has 2 heterocycles. The number of fused-ring (bicyclic) bond motifs is 1. The minimum atomic E-state index is -0.287. The van der Waals surface area contributed by atoms with Gasteiger partial charge in [0.15, 0.2) is 0 Å². The Morgan fingerprint density at radius 2 is 1.87 bits per heavy atom. The number of benzene rings is 2. The predicted octanol–water partition coefficient (Wildman–Crippen LogP) is 4.38. The highest BCUT2D eigenvalue weighted by molar-refractivity contribution is 5.76. The number of nitrogens with one attached hydrogen (secondary N) is 2. The van der Waals surface area contributed by atoms with Crippen molar-refractivity contribution in [1.29, 1.82) is 0 Å². The molecule has 0 saturated carbocycles. The lowest BCUT2D eigenvalue weighted by Crippen LogP contribution is -2.34. The summed E-state index contributed by atoms with van der Waals surface area (Å²) in [5, 5.41) is 6.56. The number of aromatic nitrogens is 1. The molecule has 1 amide bonds. The van der Waals surface area contributed by atoms with Crippen LogP contribution in [0.1, 0.15) is 42.9 Å². The Balaban J connectivity index is 0.000000427. The van der Waals surface area contributed by atoms with Crippen LogP contribution in [0.25, 0.3) is 6.08 Å². The first-order valence-corrected chi connectivity index (χ1v) is 12.7. The summed E-state index contributed by atoms with van der Waals surface area (Å²) in [6.07, 6.45) is 8.50. The number of carbonyl (C=O) groups is 1. The number of nitrogens with two attached hydrogens (primary N) is 3. The smallest absolute Gasteiger partial charge is 0.222 e. The van der Waals surface area contributed by atoms with E-state index >= 15 is 0 Å². The molecule has 1 unspecified atom stereocenters. The van der Waals surface area contributed by atoms with Crippen molar-refractivity contribution in [2.75, 3.05) is 42.3 Å². The lowest BCUT2D eigenvalue weighted by Gasteiger charge is -2.19. The average molecular weight is 521 g/mol. The van der Waals surface area contributed by atoms with E-state index in [0.29, 0.717) is 44.1 Å². The van der Waals surface area contributed by atoms with Crippen LogP contribution in [0.5, 0.6) is 0 Å². The summed E-state index contributed by atoms with van der Waals surface area (Å²) in [5.41, 5.74) is 22.5. The Morgan fingerprint density at radius 3 is 2.58 bits per heavy atom. The van der Waals surface area contributed by atoms with Gasteiger partial charge in [0.2, 0.25) is 5.91 Å². The first kappa shape index (κ1) is 28.5. The van der Waals surface area contributed by atoms with Crippen molar-refractivity contribution in [3.05, 3.63) is 83.3 Å². The molecule has 38 heavy (non-hydrogen) atoms. The van der Waals surface area contributed by atoms with E-state index in [1.165, 1.54) is 12.1 Å². The standard InChI is InChI=1S/C23H31N5O2.C6H6FN/c1-16-9-11-26-22-18(4-2-3-12-30-13-10-21(29)28-16)15-27-23(25)20(22)14-17-5-7-19(24)8-6-17;7-5-2-1-3-6(8)4-5/h2,4-8,15-16,26H,3,9-14,24H2,1H3,(H2,25,27)(H,28,29);1-4H,8H2/b4-2+;. The fraction of sp³-hybridized carbons (Fsp3) is 0.310. The van der Waals surface area contributed by atoms with Gasteiger partial charge in [-0.25, -0.2) is 9.37 Å². The maximum absolute atomic E-state index is 12.1. The van der Waals surface area contributed by atoms with Crippen molar-refractivity contribution in [1.82, 2.24) is 10.3 Å². The number of halogens is 1. The molecule has 0 spiro atoms. The van der Waals surface area contributed by atoms with Crippen LogP contribution >= 0.6 is 0 Å². The molecule has 1 aliphatic heterocycles. The summed E-state index contributed by atoms with van der Waals surface area (Å²) in [7, 11) is 0.